The molecule has 0 saturated carbocycles. The zero-order valence-electron chi connectivity index (χ0n) is 15.9. The Balaban J connectivity index is 3.66. The van der Waals surface area contributed by atoms with Gasteiger partial charge in [0.2, 0.25) is 0 Å². The lowest BCUT2D eigenvalue weighted by Crippen LogP contribution is -2.38. The van der Waals surface area contributed by atoms with Crippen LogP contribution >= 0.6 is 0 Å². The Kier molecular flexibility index (Phi) is 12.1. The van der Waals surface area contributed by atoms with Crippen LogP contribution in [0.25, 0.3) is 0 Å². The van der Waals surface area contributed by atoms with Crippen molar-refractivity contribution >= 4 is 5.97 Å². The van der Waals surface area contributed by atoms with Gasteiger partial charge in [0.05, 0.1) is 12.7 Å². The molecule has 0 saturated heterocycles. The topological polar surface area (TPSA) is 46.5 Å². The van der Waals surface area contributed by atoms with Gasteiger partial charge in [-0.05, 0) is 31.6 Å². The van der Waals surface area contributed by atoms with Gasteiger partial charge >= 0.3 is 5.97 Å². The van der Waals surface area contributed by atoms with Crippen LogP contribution in [0.1, 0.15) is 86.0 Å². The van der Waals surface area contributed by atoms with E-state index < -0.39 is 11.5 Å². The molecule has 0 amide bonds. The molecule has 0 aliphatic rings. The number of rotatable bonds is 13. The van der Waals surface area contributed by atoms with Gasteiger partial charge in [-0.25, -0.2) is 0 Å². The molecule has 0 heterocycles. The van der Waals surface area contributed by atoms with Gasteiger partial charge in [0.1, 0.15) is 0 Å². The largest absolute Gasteiger partial charge is 0.465 e. The molecule has 1 atom stereocenters. The molecular formula is C20H38O3. The summed E-state index contributed by atoms with van der Waals surface area (Å²) >= 11 is 0. The lowest BCUT2D eigenvalue weighted by molar-refractivity contribution is -0.150. The van der Waals surface area contributed by atoms with Crippen molar-refractivity contribution < 1.29 is 14.6 Å². The van der Waals surface area contributed by atoms with E-state index in [2.05, 4.69) is 19.1 Å². The fraction of sp³-hybridized carbons (Fsp3) is 0.850. The van der Waals surface area contributed by atoms with Crippen LogP contribution in [0.5, 0.6) is 0 Å². The number of allylic oxidation sites excluding steroid dienone is 2. The van der Waals surface area contributed by atoms with Gasteiger partial charge in [-0.15, -0.1) is 0 Å². The molecule has 0 aliphatic heterocycles. The van der Waals surface area contributed by atoms with Crippen molar-refractivity contribution in [1.82, 2.24) is 0 Å². The molecule has 0 aliphatic carbocycles. The zero-order chi connectivity index (χ0) is 17.7. The molecule has 0 aromatic rings. The van der Waals surface area contributed by atoms with Crippen LogP contribution in [-0.2, 0) is 9.53 Å². The first-order chi connectivity index (χ1) is 10.8. The zero-order valence-corrected chi connectivity index (χ0v) is 15.9. The number of aliphatic hydroxyl groups is 1. The first kappa shape index (κ1) is 22.2. The van der Waals surface area contributed by atoms with E-state index in [1.165, 1.54) is 25.7 Å². The van der Waals surface area contributed by atoms with Crippen molar-refractivity contribution in [1.29, 1.82) is 0 Å². The number of carbonyl (C=O) groups excluding carboxylic acids is 1. The average molecular weight is 327 g/mol. The minimum Gasteiger partial charge on any atom is -0.465 e. The summed E-state index contributed by atoms with van der Waals surface area (Å²) in [5.41, 5.74) is -0.393. The number of esters is 1. The summed E-state index contributed by atoms with van der Waals surface area (Å²) in [5.74, 6) is 0.0239. The van der Waals surface area contributed by atoms with E-state index in [9.17, 15) is 9.90 Å². The summed E-state index contributed by atoms with van der Waals surface area (Å²) in [6.07, 6.45) is 12.4. The molecular weight excluding hydrogens is 288 g/mol. The van der Waals surface area contributed by atoms with E-state index in [1.54, 1.807) is 0 Å². The molecule has 1 unspecified atom stereocenters. The quantitative estimate of drug-likeness (QED) is 0.285. The summed E-state index contributed by atoms with van der Waals surface area (Å²) in [5, 5.41) is 10.1. The number of aliphatic hydroxyl groups excluding tert-OH is 1. The third kappa shape index (κ3) is 11.4. The van der Waals surface area contributed by atoms with E-state index in [0.29, 0.717) is 6.42 Å². The van der Waals surface area contributed by atoms with Gasteiger partial charge in [-0.3, -0.25) is 4.79 Å². The highest BCUT2D eigenvalue weighted by Crippen LogP contribution is 2.26. The van der Waals surface area contributed by atoms with Crippen LogP contribution in [-0.4, -0.2) is 23.8 Å². The van der Waals surface area contributed by atoms with Gasteiger partial charge < -0.3 is 9.84 Å². The molecule has 136 valence electrons. The molecule has 0 aromatic carbocycles. The highest BCUT2D eigenvalue weighted by molar-refractivity contribution is 5.69. The summed E-state index contributed by atoms with van der Waals surface area (Å²) < 4.78 is 5.34. The second kappa shape index (κ2) is 12.6. The van der Waals surface area contributed by atoms with Crippen LogP contribution in [0.4, 0.5) is 0 Å². The Morgan fingerprint density at radius 2 is 1.70 bits per heavy atom. The fourth-order valence-electron chi connectivity index (χ4n) is 2.67. The predicted octanol–water partition coefficient (Wildman–Crippen LogP) is 5.27. The van der Waals surface area contributed by atoms with E-state index in [4.69, 9.17) is 4.74 Å². The van der Waals surface area contributed by atoms with Crippen LogP contribution in [0.15, 0.2) is 12.2 Å². The minimum absolute atomic E-state index is 0.139. The molecule has 1 N–H and O–H groups in total. The maximum atomic E-state index is 11.8. The number of ether oxygens (including phenoxy) is 1. The van der Waals surface area contributed by atoms with E-state index >= 15 is 0 Å². The molecule has 23 heavy (non-hydrogen) atoms. The summed E-state index contributed by atoms with van der Waals surface area (Å²) in [7, 11) is 0. The Hall–Kier alpha value is -0.830. The Morgan fingerprint density at radius 3 is 2.30 bits per heavy atom. The standard InChI is InChI=1S/C20H38O3/c1-6-7-8-9-10-11-12-13-14-15-18(21)23-16-20(4,5)19(22)17(2)3/h7-8,17,19,22H,6,9-16H2,1-5H3/b8-7+. The third-order valence-electron chi connectivity index (χ3n) is 4.19. The molecule has 0 spiro atoms. The van der Waals surface area contributed by atoms with Crippen molar-refractivity contribution in [2.75, 3.05) is 6.61 Å². The summed E-state index contributed by atoms with van der Waals surface area (Å²) in [6, 6.07) is 0. The van der Waals surface area contributed by atoms with Crippen molar-refractivity contribution in [2.24, 2.45) is 11.3 Å². The molecule has 3 heteroatoms. The van der Waals surface area contributed by atoms with Crippen LogP contribution in [0, 0.1) is 11.3 Å². The Morgan fingerprint density at radius 1 is 1.09 bits per heavy atom. The number of hydrogen-bond donors (Lipinski definition) is 1. The van der Waals surface area contributed by atoms with Crippen LogP contribution in [0.3, 0.4) is 0 Å². The van der Waals surface area contributed by atoms with E-state index in [0.717, 1.165) is 19.3 Å². The lowest BCUT2D eigenvalue weighted by atomic mass is 9.81. The number of hydrogen-bond acceptors (Lipinski definition) is 3. The smallest absolute Gasteiger partial charge is 0.305 e. The maximum absolute atomic E-state index is 11.8. The maximum Gasteiger partial charge on any atom is 0.305 e. The monoisotopic (exact) mass is 326 g/mol. The molecule has 0 bridgehead atoms. The van der Waals surface area contributed by atoms with Gasteiger partial charge in [-0.1, -0.05) is 66.0 Å². The van der Waals surface area contributed by atoms with Crippen molar-refractivity contribution in [3.05, 3.63) is 12.2 Å². The minimum atomic E-state index is -0.461. The number of carbonyl (C=O) groups is 1. The van der Waals surface area contributed by atoms with Gasteiger partial charge in [0.15, 0.2) is 0 Å². The van der Waals surface area contributed by atoms with Crippen LogP contribution in [0.2, 0.25) is 0 Å². The second-order valence-corrected chi connectivity index (χ2v) is 7.52. The van der Waals surface area contributed by atoms with Crippen LogP contribution < -0.4 is 0 Å². The summed E-state index contributed by atoms with van der Waals surface area (Å²) in [4.78, 5) is 11.8. The van der Waals surface area contributed by atoms with Gasteiger partial charge in [0, 0.05) is 11.8 Å². The van der Waals surface area contributed by atoms with Crippen molar-refractivity contribution in [3.8, 4) is 0 Å². The highest BCUT2D eigenvalue weighted by atomic mass is 16.5. The highest BCUT2D eigenvalue weighted by Gasteiger charge is 2.31. The van der Waals surface area contributed by atoms with Gasteiger partial charge in [0.25, 0.3) is 0 Å². The molecule has 0 radical (unpaired) electrons. The number of unbranched alkanes of at least 4 members (excludes halogenated alkanes) is 5. The Bertz CT molecular complexity index is 332. The SMILES string of the molecule is CC/C=C/CCCCCCCC(=O)OCC(C)(C)C(O)C(C)C. The van der Waals surface area contributed by atoms with Crippen molar-refractivity contribution in [2.45, 2.75) is 92.1 Å². The fourth-order valence-corrected chi connectivity index (χ4v) is 2.67. The molecule has 0 fully saturated rings. The molecule has 3 nitrogen and oxygen atoms in total. The summed E-state index contributed by atoms with van der Waals surface area (Å²) in [6.45, 7) is 10.3. The normalized spacial score (nSPS) is 13.7. The average Bonchev–Trinajstić information content (AvgIpc) is 2.50. The predicted molar refractivity (Wildman–Crippen MR) is 97.3 cm³/mol. The molecule has 0 aromatic heterocycles. The Labute approximate surface area is 143 Å². The third-order valence-corrected chi connectivity index (χ3v) is 4.19. The lowest BCUT2D eigenvalue weighted by Gasteiger charge is -2.32. The first-order valence-electron chi connectivity index (χ1n) is 9.30. The van der Waals surface area contributed by atoms with E-state index in [1.807, 2.05) is 27.7 Å². The van der Waals surface area contributed by atoms with E-state index in [-0.39, 0.29) is 18.5 Å². The van der Waals surface area contributed by atoms with Gasteiger partial charge in [-0.2, -0.15) is 0 Å². The second-order valence-electron chi connectivity index (χ2n) is 7.52. The molecule has 0 rings (SSSR count). The van der Waals surface area contributed by atoms with Crippen molar-refractivity contribution in [3.63, 3.8) is 0 Å². The first-order valence-corrected chi connectivity index (χ1v) is 9.30.